The molecule has 1 aromatic carbocycles. The van der Waals surface area contributed by atoms with Crippen LogP contribution in [0.3, 0.4) is 0 Å². The van der Waals surface area contributed by atoms with Gasteiger partial charge in [-0.3, -0.25) is 20.4 Å². The second kappa shape index (κ2) is 6.60. The SMILES string of the molecule is CC(=O)c1c(NNC(=O)CC(C)C)cccc1C(F)(F)F. The monoisotopic (exact) mass is 302 g/mol. The molecule has 0 heterocycles. The predicted octanol–water partition coefficient (Wildman–Crippen LogP) is 3.40. The van der Waals surface area contributed by atoms with E-state index in [-0.39, 0.29) is 23.9 Å². The zero-order chi connectivity index (χ0) is 16.2. The van der Waals surface area contributed by atoms with Crippen molar-refractivity contribution in [3.05, 3.63) is 29.3 Å². The molecule has 1 amide bonds. The number of rotatable bonds is 5. The van der Waals surface area contributed by atoms with Crippen molar-refractivity contribution in [3.63, 3.8) is 0 Å². The number of hydrazine groups is 1. The second-order valence-electron chi connectivity index (χ2n) is 5.05. The fourth-order valence-corrected chi connectivity index (χ4v) is 1.83. The fraction of sp³-hybridized carbons (Fsp3) is 0.429. The predicted molar refractivity (Wildman–Crippen MR) is 72.7 cm³/mol. The molecule has 0 atom stereocenters. The maximum absolute atomic E-state index is 12.9. The van der Waals surface area contributed by atoms with Crippen molar-refractivity contribution in [3.8, 4) is 0 Å². The van der Waals surface area contributed by atoms with E-state index in [9.17, 15) is 22.8 Å². The Hall–Kier alpha value is -2.05. The number of benzene rings is 1. The van der Waals surface area contributed by atoms with Crippen LogP contribution >= 0.6 is 0 Å². The van der Waals surface area contributed by atoms with E-state index in [1.54, 1.807) is 0 Å². The van der Waals surface area contributed by atoms with Gasteiger partial charge in [0.1, 0.15) is 0 Å². The van der Waals surface area contributed by atoms with E-state index in [1.165, 1.54) is 12.1 Å². The molecule has 4 nitrogen and oxygen atoms in total. The lowest BCUT2D eigenvalue weighted by Crippen LogP contribution is -2.31. The van der Waals surface area contributed by atoms with Gasteiger partial charge in [0.25, 0.3) is 0 Å². The van der Waals surface area contributed by atoms with Crippen LogP contribution in [-0.4, -0.2) is 11.7 Å². The van der Waals surface area contributed by atoms with Gasteiger partial charge in [-0.2, -0.15) is 13.2 Å². The number of alkyl halides is 3. The van der Waals surface area contributed by atoms with Gasteiger partial charge in [-0.05, 0) is 25.0 Å². The van der Waals surface area contributed by atoms with Gasteiger partial charge in [0, 0.05) is 6.42 Å². The summed E-state index contributed by atoms with van der Waals surface area (Å²) in [5.41, 5.74) is 3.09. The van der Waals surface area contributed by atoms with E-state index >= 15 is 0 Å². The number of hydrogen-bond acceptors (Lipinski definition) is 3. The maximum atomic E-state index is 12.9. The molecule has 0 aliphatic rings. The number of hydrogen-bond donors (Lipinski definition) is 2. The molecule has 1 rings (SSSR count). The summed E-state index contributed by atoms with van der Waals surface area (Å²) in [6.45, 7) is 4.72. The number of halogens is 3. The summed E-state index contributed by atoms with van der Waals surface area (Å²) in [6.07, 6.45) is -4.41. The van der Waals surface area contributed by atoms with Gasteiger partial charge < -0.3 is 0 Å². The minimum atomic E-state index is -4.64. The van der Waals surface area contributed by atoms with Crippen molar-refractivity contribution in [1.82, 2.24) is 5.43 Å². The van der Waals surface area contributed by atoms with E-state index in [4.69, 9.17) is 0 Å². The Bertz CT molecular complexity index is 540. The number of carbonyl (C=O) groups is 2. The van der Waals surface area contributed by atoms with Gasteiger partial charge >= 0.3 is 6.18 Å². The standard InChI is InChI=1S/C14H17F3N2O2/c1-8(2)7-12(21)19-18-11-6-4-5-10(14(15,16)17)13(11)9(3)20/h4-6,8,18H,7H2,1-3H3,(H,19,21). The molecular weight excluding hydrogens is 285 g/mol. The molecule has 0 saturated heterocycles. The van der Waals surface area contributed by atoms with Crippen molar-refractivity contribution >= 4 is 17.4 Å². The molecular formula is C14H17F3N2O2. The van der Waals surface area contributed by atoms with E-state index in [0.29, 0.717) is 0 Å². The molecule has 21 heavy (non-hydrogen) atoms. The Labute approximate surface area is 120 Å². The molecule has 0 aromatic heterocycles. The quantitative estimate of drug-likeness (QED) is 0.647. The van der Waals surface area contributed by atoms with Crippen LogP contribution < -0.4 is 10.9 Å². The molecule has 0 unspecified atom stereocenters. The molecule has 0 aliphatic heterocycles. The lowest BCUT2D eigenvalue weighted by atomic mass is 10.0. The van der Waals surface area contributed by atoms with Gasteiger partial charge in [-0.15, -0.1) is 0 Å². The molecule has 1 aromatic rings. The number of ketones is 1. The number of carbonyl (C=O) groups excluding carboxylic acids is 2. The van der Waals surface area contributed by atoms with Crippen molar-refractivity contribution in [1.29, 1.82) is 0 Å². The third kappa shape index (κ3) is 4.77. The van der Waals surface area contributed by atoms with Crippen molar-refractivity contribution in [2.24, 2.45) is 5.92 Å². The number of nitrogens with one attached hydrogen (secondary N) is 2. The number of amides is 1. The van der Waals surface area contributed by atoms with E-state index < -0.39 is 23.1 Å². The number of Topliss-reactive ketones (excluding diaryl/α,β-unsaturated/α-hetero) is 1. The van der Waals surface area contributed by atoms with Gasteiger partial charge in [-0.1, -0.05) is 19.9 Å². The van der Waals surface area contributed by atoms with Gasteiger partial charge in [0.2, 0.25) is 5.91 Å². The smallest absolute Gasteiger partial charge is 0.298 e. The summed E-state index contributed by atoms with van der Waals surface area (Å²) in [5, 5.41) is 0. The lowest BCUT2D eigenvalue weighted by Gasteiger charge is -2.17. The van der Waals surface area contributed by atoms with Crippen LogP contribution in [0.5, 0.6) is 0 Å². The first kappa shape index (κ1) is 17.0. The van der Waals surface area contributed by atoms with Crippen LogP contribution in [0.4, 0.5) is 18.9 Å². The van der Waals surface area contributed by atoms with Crippen molar-refractivity contribution in [2.75, 3.05) is 5.43 Å². The summed E-state index contributed by atoms with van der Waals surface area (Å²) in [6, 6.07) is 3.31. The summed E-state index contributed by atoms with van der Waals surface area (Å²) >= 11 is 0. The average molecular weight is 302 g/mol. The Morgan fingerprint density at radius 3 is 2.33 bits per heavy atom. The van der Waals surface area contributed by atoms with E-state index in [1.807, 2.05) is 13.8 Å². The minimum Gasteiger partial charge on any atom is -0.298 e. The summed E-state index contributed by atoms with van der Waals surface area (Å²) in [5.74, 6) is -0.985. The second-order valence-corrected chi connectivity index (χ2v) is 5.05. The highest BCUT2D eigenvalue weighted by Gasteiger charge is 2.35. The molecule has 0 saturated carbocycles. The highest BCUT2D eigenvalue weighted by atomic mass is 19.4. The Morgan fingerprint density at radius 1 is 1.24 bits per heavy atom. The third-order valence-electron chi connectivity index (χ3n) is 2.65. The molecule has 0 fully saturated rings. The first-order valence-corrected chi connectivity index (χ1v) is 6.39. The summed E-state index contributed by atoms with van der Waals surface area (Å²) in [7, 11) is 0. The molecule has 0 aliphatic carbocycles. The zero-order valence-corrected chi connectivity index (χ0v) is 12.0. The Morgan fingerprint density at radius 2 is 1.86 bits per heavy atom. The largest absolute Gasteiger partial charge is 0.417 e. The van der Waals surface area contributed by atoms with Crippen LogP contribution in [0, 0.1) is 5.92 Å². The zero-order valence-electron chi connectivity index (χ0n) is 12.0. The summed E-state index contributed by atoms with van der Waals surface area (Å²) in [4.78, 5) is 23.0. The topological polar surface area (TPSA) is 58.2 Å². The van der Waals surface area contributed by atoms with Crippen molar-refractivity contribution in [2.45, 2.75) is 33.4 Å². The van der Waals surface area contributed by atoms with Crippen molar-refractivity contribution < 1.29 is 22.8 Å². The highest BCUT2D eigenvalue weighted by molar-refractivity contribution is 6.01. The maximum Gasteiger partial charge on any atom is 0.417 e. The van der Waals surface area contributed by atoms with Crippen LogP contribution in [0.25, 0.3) is 0 Å². The number of anilines is 1. The molecule has 116 valence electrons. The lowest BCUT2D eigenvalue weighted by molar-refractivity contribution is -0.137. The first-order valence-electron chi connectivity index (χ1n) is 6.39. The Kier molecular flexibility index (Phi) is 5.34. The van der Waals surface area contributed by atoms with Crippen LogP contribution in [0.1, 0.15) is 43.1 Å². The average Bonchev–Trinajstić information content (AvgIpc) is 2.33. The van der Waals surface area contributed by atoms with Crippen LogP contribution in [0.2, 0.25) is 0 Å². The normalized spacial score (nSPS) is 11.4. The van der Waals surface area contributed by atoms with E-state index in [2.05, 4.69) is 10.9 Å². The van der Waals surface area contributed by atoms with Crippen LogP contribution in [-0.2, 0) is 11.0 Å². The fourth-order valence-electron chi connectivity index (χ4n) is 1.83. The molecule has 7 heteroatoms. The van der Waals surface area contributed by atoms with Gasteiger partial charge in [0.15, 0.2) is 5.78 Å². The Balaban J connectivity index is 3.03. The first-order chi connectivity index (χ1) is 9.62. The van der Waals surface area contributed by atoms with Gasteiger partial charge in [-0.25, -0.2) is 0 Å². The van der Waals surface area contributed by atoms with E-state index in [0.717, 1.165) is 13.0 Å². The highest BCUT2D eigenvalue weighted by Crippen LogP contribution is 2.35. The molecule has 0 radical (unpaired) electrons. The van der Waals surface area contributed by atoms with Gasteiger partial charge in [0.05, 0.1) is 16.8 Å². The molecule has 2 N–H and O–H groups in total. The molecule has 0 bridgehead atoms. The summed E-state index contributed by atoms with van der Waals surface area (Å²) < 4.78 is 38.7. The minimum absolute atomic E-state index is 0.0746. The van der Waals surface area contributed by atoms with Crippen LogP contribution in [0.15, 0.2) is 18.2 Å². The molecule has 0 spiro atoms. The third-order valence-corrected chi connectivity index (χ3v) is 2.65.